The van der Waals surface area contributed by atoms with Crippen molar-refractivity contribution < 1.29 is 0 Å². The van der Waals surface area contributed by atoms with Crippen LogP contribution in [0.15, 0.2) is 41.7 Å². The molecule has 1 aromatic carbocycles. The summed E-state index contributed by atoms with van der Waals surface area (Å²) in [6.07, 6.45) is 10.3. The molecule has 0 saturated heterocycles. The maximum Gasteiger partial charge on any atom is 0.148 e. The Morgan fingerprint density at radius 2 is 1.78 bits per heavy atom. The van der Waals surface area contributed by atoms with E-state index in [2.05, 4.69) is 63.3 Å². The van der Waals surface area contributed by atoms with Gasteiger partial charge >= 0.3 is 0 Å². The van der Waals surface area contributed by atoms with Crippen LogP contribution in [0.25, 0.3) is 0 Å². The maximum absolute atomic E-state index is 4.41. The van der Waals surface area contributed by atoms with Crippen molar-refractivity contribution in [1.82, 2.24) is 20.2 Å². The molecular formula is C22H35N5. The van der Waals surface area contributed by atoms with Crippen molar-refractivity contribution >= 4 is 6.21 Å². The van der Waals surface area contributed by atoms with E-state index >= 15 is 0 Å². The van der Waals surface area contributed by atoms with E-state index in [0.29, 0.717) is 6.54 Å². The van der Waals surface area contributed by atoms with Crippen LogP contribution < -0.4 is 5.32 Å². The number of rotatable bonds is 14. The van der Waals surface area contributed by atoms with Gasteiger partial charge in [-0.2, -0.15) is 0 Å². The Morgan fingerprint density at radius 1 is 1.04 bits per heavy atom. The van der Waals surface area contributed by atoms with Gasteiger partial charge in [0.25, 0.3) is 0 Å². The first-order chi connectivity index (χ1) is 13.3. The Hall–Kier alpha value is -1.98. The number of hydrogen-bond acceptors (Lipinski definition) is 4. The highest BCUT2D eigenvalue weighted by molar-refractivity contribution is 5.74. The van der Waals surface area contributed by atoms with Crippen molar-refractivity contribution in [2.75, 3.05) is 26.2 Å². The SMILES string of the molecule is CCCN(CCC)CCCCNCc1ccc(CN=Cc2ncc[nH]2)cc1. The van der Waals surface area contributed by atoms with Gasteiger partial charge in [-0.1, -0.05) is 38.1 Å². The molecule has 0 radical (unpaired) electrons. The molecular weight excluding hydrogens is 334 g/mol. The van der Waals surface area contributed by atoms with E-state index in [4.69, 9.17) is 0 Å². The highest BCUT2D eigenvalue weighted by Crippen LogP contribution is 2.06. The molecule has 0 fully saturated rings. The molecule has 5 nitrogen and oxygen atoms in total. The number of nitrogens with one attached hydrogen (secondary N) is 2. The third-order valence-electron chi connectivity index (χ3n) is 4.52. The lowest BCUT2D eigenvalue weighted by Crippen LogP contribution is -2.27. The average Bonchev–Trinajstić information content (AvgIpc) is 3.19. The molecule has 148 valence electrons. The highest BCUT2D eigenvalue weighted by atomic mass is 15.1. The normalized spacial score (nSPS) is 11.7. The van der Waals surface area contributed by atoms with Crippen LogP contribution in [0.5, 0.6) is 0 Å². The second-order valence-corrected chi connectivity index (χ2v) is 6.99. The fourth-order valence-corrected chi connectivity index (χ4v) is 3.13. The van der Waals surface area contributed by atoms with Crippen LogP contribution in [0.1, 0.15) is 56.5 Å². The molecule has 0 aliphatic rings. The van der Waals surface area contributed by atoms with Crippen molar-refractivity contribution in [3.8, 4) is 0 Å². The smallest absolute Gasteiger partial charge is 0.148 e. The van der Waals surface area contributed by atoms with E-state index in [-0.39, 0.29) is 0 Å². The number of aliphatic imine (C=N–C) groups is 1. The summed E-state index contributed by atoms with van der Waals surface area (Å²) in [6.45, 7) is 10.9. The Balaban J connectivity index is 1.58. The Kier molecular flexibility index (Phi) is 10.4. The highest BCUT2D eigenvalue weighted by Gasteiger charge is 2.01. The molecule has 0 amide bonds. The zero-order chi connectivity index (χ0) is 19.2. The van der Waals surface area contributed by atoms with Crippen molar-refractivity contribution in [3.05, 3.63) is 53.6 Å². The van der Waals surface area contributed by atoms with Crippen molar-refractivity contribution in [1.29, 1.82) is 0 Å². The van der Waals surface area contributed by atoms with E-state index < -0.39 is 0 Å². The number of imidazole rings is 1. The quantitative estimate of drug-likeness (QED) is 0.391. The van der Waals surface area contributed by atoms with E-state index in [1.165, 1.54) is 56.4 Å². The van der Waals surface area contributed by atoms with Gasteiger partial charge in [-0.3, -0.25) is 4.99 Å². The predicted octanol–water partition coefficient (Wildman–Crippen LogP) is 4.02. The average molecular weight is 370 g/mol. The second-order valence-electron chi connectivity index (χ2n) is 6.99. The van der Waals surface area contributed by atoms with Gasteiger partial charge in [-0.05, 0) is 63.0 Å². The monoisotopic (exact) mass is 369 g/mol. The Labute approximate surface area is 164 Å². The molecule has 0 aliphatic carbocycles. The minimum absolute atomic E-state index is 0.681. The van der Waals surface area contributed by atoms with Crippen LogP contribution in [0, 0.1) is 0 Å². The van der Waals surface area contributed by atoms with Gasteiger partial charge in [-0.25, -0.2) is 4.98 Å². The topological polar surface area (TPSA) is 56.3 Å². The molecule has 0 atom stereocenters. The van der Waals surface area contributed by atoms with Crippen LogP contribution in [-0.2, 0) is 13.1 Å². The summed E-state index contributed by atoms with van der Waals surface area (Å²) < 4.78 is 0. The van der Waals surface area contributed by atoms with E-state index in [0.717, 1.165) is 18.9 Å². The number of nitrogens with zero attached hydrogens (tertiary/aromatic N) is 3. The minimum atomic E-state index is 0.681. The molecule has 2 aromatic rings. The summed E-state index contributed by atoms with van der Waals surface area (Å²) in [5.74, 6) is 0.795. The fourth-order valence-electron chi connectivity index (χ4n) is 3.13. The third-order valence-corrected chi connectivity index (χ3v) is 4.52. The summed E-state index contributed by atoms with van der Waals surface area (Å²) in [5, 5.41) is 3.56. The first kappa shape index (κ1) is 21.3. The van der Waals surface area contributed by atoms with Crippen LogP contribution in [0.3, 0.4) is 0 Å². The van der Waals surface area contributed by atoms with Crippen LogP contribution in [-0.4, -0.2) is 47.3 Å². The van der Waals surface area contributed by atoms with E-state index in [1.807, 2.05) is 0 Å². The largest absolute Gasteiger partial charge is 0.344 e. The molecule has 0 aliphatic heterocycles. The summed E-state index contributed by atoms with van der Waals surface area (Å²) in [7, 11) is 0. The second kappa shape index (κ2) is 13.2. The molecule has 0 unspecified atom stereocenters. The van der Waals surface area contributed by atoms with Crippen molar-refractivity contribution in [2.45, 2.75) is 52.6 Å². The zero-order valence-electron chi connectivity index (χ0n) is 17.0. The first-order valence-electron chi connectivity index (χ1n) is 10.3. The standard InChI is InChI=1S/C22H35N5/c1-3-14-27(15-4-2)16-6-5-11-23-17-20-7-9-21(10-8-20)18-24-19-22-25-12-13-26-22/h7-10,12-13,19,23H,3-6,11,14-18H2,1-2H3,(H,25,26). The van der Waals surface area contributed by atoms with Gasteiger partial charge in [0.15, 0.2) is 0 Å². The van der Waals surface area contributed by atoms with Crippen LogP contribution >= 0.6 is 0 Å². The van der Waals surface area contributed by atoms with Gasteiger partial charge in [0.2, 0.25) is 0 Å². The maximum atomic E-state index is 4.41. The lowest BCUT2D eigenvalue weighted by molar-refractivity contribution is 0.268. The molecule has 1 heterocycles. The van der Waals surface area contributed by atoms with Gasteiger partial charge < -0.3 is 15.2 Å². The number of aromatic nitrogens is 2. The number of hydrogen-bond donors (Lipinski definition) is 2. The molecule has 0 spiro atoms. The van der Waals surface area contributed by atoms with Crippen molar-refractivity contribution in [2.24, 2.45) is 4.99 Å². The Morgan fingerprint density at radius 3 is 2.44 bits per heavy atom. The van der Waals surface area contributed by atoms with Gasteiger partial charge in [0.05, 0.1) is 12.8 Å². The van der Waals surface area contributed by atoms with Gasteiger partial charge in [0.1, 0.15) is 5.82 Å². The van der Waals surface area contributed by atoms with Crippen LogP contribution in [0.2, 0.25) is 0 Å². The number of H-pyrrole nitrogens is 1. The predicted molar refractivity (Wildman–Crippen MR) is 114 cm³/mol. The van der Waals surface area contributed by atoms with Crippen molar-refractivity contribution in [3.63, 3.8) is 0 Å². The zero-order valence-corrected chi connectivity index (χ0v) is 17.0. The number of unbranched alkanes of at least 4 members (excludes halogenated alkanes) is 1. The first-order valence-corrected chi connectivity index (χ1v) is 10.3. The summed E-state index contributed by atoms with van der Waals surface area (Å²) >= 11 is 0. The van der Waals surface area contributed by atoms with Gasteiger partial charge in [-0.15, -0.1) is 0 Å². The minimum Gasteiger partial charge on any atom is -0.344 e. The molecule has 5 heteroatoms. The molecule has 27 heavy (non-hydrogen) atoms. The lowest BCUT2D eigenvalue weighted by atomic mass is 10.1. The molecule has 2 N–H and O–H groups in total. The van der Waals surface area contributed by atoms with E-state index in [9.17, 15) is 0 Å². The molecule has 0 saturated carbocycles. The molecule has 1 aromatic heterocycles. The van der Waals surface area contributed by atoms with Gasteiger partial charge in [0, 0.05) is 18.9 Å². The summed E-state index contributed by atoms with van der Waals surface area (Å²) in [5.41, 5.74) is 2.54. The number of aromatic amines is 1. The summed E-state index contributed by atoms with van der Waals surface area (Å²) in [6, 6.07) is 8.69. The lowest BCUT2D eigenvalue weighted by Gasteiger charge is -2.20. The van der Waals surface area contributed by atoms with Crippen LogP contribution in [0.4, 0.5) is 0 Å². The molecule has 2 rings (SSSR count). The fraction of sp³-hybridized carbons (Fsp3) is 0.545. The third kappa shape index (κ3) is 8.98. The number of benzene rings is 1. The van der Waals surface area contributed by atoms with E-state index in [1.54, 1.807) is 18.6 Å². The Bertz CT molecular complexity index is 613. The summed E-state index contributed by atoms with van der Waals surface area (Å²) in [4.78, 5) is 14.1. The molecule has 0 bridgehead atoms.